The quantitative estimate of drug-likeness (QED) is 0.384. The molecule has 0 bridgehead atoms. The summed E-state index contributed by atoms with van der Waals surface area (Å²) in [5.41, 5.74) is 2.21. The zero-order valence-corrected chi connectivity index (χ0v) is 10.4. The fourth-order valence-corrected chi connectivity index (χ4v) is 2.93. The molecular weight excluding hydrogens is 256 g/mol. The highest BCUT2D eigenvalue weighted by Gasteiger charge is 2.22. The summed E-state index contributed by atoms with van der Waals surface area (Å²) in [6.45, 7) is 0.870. The summed E-state index contributed by atoms with van der Waals surface area (Å²) >= 11 is 0. The summed E-state index contributed by atoms with van der Waals surface area (Å²) in [6.07, 6.45) is 1.46. The van der Waals surface area contributed by atoms with Crippen LogP contribution in [0.4, 0.5) is 5.82 Å². The van der Waals surface area contributed by atoms with Crippen LogP contribution in [0.2, 0.25) is 0 Å². The summed E-state index contributed by atoms with van der Waals surface area (Å²) in [7, 11) is -2.90. The molecule has 3 N–H and O–H groups in total. The van der Waals surface area contributed by atoms with E-state index in [9.17, 15) is 8.42 Å². The van der Waals surface area contributed by atoms with E-state index in [1.165, 1.54) is 6.20 Å². The second-order valence-electron chi connectivity index (χ2n) is 4.03. The molecule has 0 spiro atoms. The molecule has 0 amide bonds. The number of pyridine rings is 1. The smallest absolute Gasteiger partial charge is 0.153 e. The number of amidine groups is 1. The third-order valence-corrected chi connectivity index (χ3v) is 4.43. The molecule has 18 heavy (non-hydrogen) atoms. The van der Waals surface area contributed by atoms with E-state index in [-0.39, 0.29) is 17.3 Å². The molecule has 0 radical (unpaired) electrons. The van der Waals surface area contributed by atoms with Crippen molar-refractivity contribution < 1.29 is 13.6 Å². The maximum Gasteiger partial charge on any atom is 0.153 e. The first-order valence-corrected chi connectivity index (χ1v) is 7.24. The number of nitrogens with one attached hydrogen (secondary N) is 2. The number of hydrogen-bond donors (Lipinski definition) is 3. The Morgan fingerprint density at radius 2 is 2.06 bits per heavy atom. The number of rotatable bonds is 2. The SMILES string of the molecule is N=C(NO)c1ccc(N2CCS(=O)(=O)CC2)nc1. The number of hydrogen-bond acceptors (Lipinski definition) is 6. The molecule has 1 aliphatic rings. The van der Waals surface area contributed by atoms with Crippen LogP contribution in [0.5, 0.6) is 0 Å². The van der Waals surface area contributed by atoms with Crippen molar-refractivity contribution in [1.82, 2.24) is 10.5 Å². The summed E-state index contributed by atoms with van der Waals surface area (Å²) in [6, 6.07) is 3.36. The lowest BCUT2D eigenvalue weighted by atomic mass is 10.2. The van der Waals surface area contributed by atoms with E-state index >= 15 is 0 Å². The Morgan fingerprint density at radius 3 is 2.56 bits per heavy atom. The summed E-state index contributed by atoms with van der Waals surface area (Å²) in [4.78, 5) is 6.05. The second-order valence-corrected chi connectivity index (χ2v) is 6.33. The topological polar surface area (TPSA) is 106 Å². The maximum atomic E-state index is 11.3. The lowest BCUT2D eigenvalue weighted by molar-refractivity contribution is 0.234. The number of sulfone groups is 1. The summed E-state index contributed by atoms with van der Waals surface area (Å²) in [5, 5.41) is 15.9. The molecule has 98 valence electrons. The van der Waals surface area contributed by atoms with Crippen molar-refractivity contribution >= 4 is 21.5 Å². The molecular formula is C10H14N4O3S. The molecule has 0 saturated carbocycles. The number of aromatic nitrogens is 1. The van der Waals surface area contributed by atoms with E-state index in [1.54, 1.807) is 17.6 Å². The highest BCUT2D eigenvalue weighted by molar-refractivity contribution is 7.91. The van der Waals surface area contributed by atoms with Gasteiger partial charge in [0.1, 0.15) is 5.82 Å². The zero-order valence-electron chi connectivity index (χ0n) is 9.63. The van der Waals surface area contributed by atoms with E-state index in [0.29, 0.717) is 24.5 Å². The minimum absolute atomic E-state index is 0.129. The van der Waals surface area contributed by atoms with Crippen molar-refractivity contribution in [2.45, 2.75) is 0 Å². The highest BCUT2D eigenvalue weighted by atomic mass is 32.2. The van der Waals surface area contributed by atoms with Gasteiger partial charge in [0, 0.05) is 24.8 Å². The molecule has 2 rings (SSSR count). The first-order chi connectivity index (χ1) is 8.52. The molecule has 2 heterocycles. The first-order valence-electron chi connectivity index (χ1n) is 5.42. The Kier molecular flexibility index (Phi) is 3.48. The largest absolute Gasteiger partial charge is 0.355 e. The number of nitrogens with zero attached hydrogens (tertiary/aromatic N) is 2. The molecule has 0 unspecified atom stereocenters. The fourth-order valence-electron chi connectivity index (χ4n) is 1.73. The molecule has 1 aromatic rings. The average Bonchev–Trinajstić information content (AvgIpc) is 2.38. The Balaban J connectivity index is 2.09. The van der Waals surface area contributed by atoms with E-state index in [2.05, 4.69) is 4.98 Å². The van der Waals surface area contributed by atoms with Crippen LogP contribution in [0.3, 0.4) is 0 Å². The molecule has 0 aromatic carbocycles. The van der Waals surface area contributed by atoms with Crippen LogP contribution in [-0.2, 0) is 9.84 Å². The van der Waals surface area contributed by atoms with Crippen molar-refractivity contribution in [3.8, 4) is 0 Å². The minimum atomic E-state index is -2.90. The Labute approximate surface area is 105 Å². The van der Waals surface area contributed by atoms with Crippen molar-refractivity contribution in [3.05, 3.63) is 23.9 Å². The Bertz CT molecular complexity index is 527. The standard InChI is InChI=1S/C10H14N4O3S/c11-10(13-15)8-1-2-9(12-7-8)14-3-5-18(16,17)6-4-14/h1-2,7,15H,3-6H2,(H2,11,13). The Morgan fingerprint density at radius 1 is 1.39 bits per heavy atom. The van der Waals surface area contributed by atoms with E-state index in [0.717, 1.165) is 0 Å². The Hall–Kier alpha value is -1.67. The van der Waals surface area contributed by atoms with Gasteiger partial charge in [0.2, 0.25) is 0 Å². The van der Waals surface area contributed by atoms with E-state index < -0.39 is 9.84 Å². The van der Waals surface area contributed by atoms with Crippen LogP contribution in [0.1, 0.15) is 5.56 Å². The maximum absolute atomic E-state index is 11.3. The average molecular weight is 270 g/mol. The van der Waals surface area contributed by atoms with Crippen molar-refractivity contribution in [2.24, 2.45) is 0 Å². The minimum Gasteiger partial charge on any atom is -0.355 e. The van der Waals surface area contributed by atoms with Gasteiger partial charge in [-0.05, 0) is 12.1 Å². The van der Waals surface area contributed by atoms with Crippen molar-refractivity contribution in [1.29, 1.82) is 5.41 Å². The van der Waals surface area contributed by atoms with E-state index in [4.69, 9.17) is 10.6 Å². The van der Waals surface area contributed by atoms with Crippen LogP contribution in [0.25, 0.3) is 0 Å². The fraction of sp³-hybridized carbons (Fsp3) is 0.400. The third-order valence-electron chi connectivity index (χ3n) is 2.82. The van der Waals surface area contributed by atoms with Crippen LogP contribution >= 0.6 is 0 Å². The van der Waals surface area contributed by atoms with E-state index in [1.807, 2.05) is 4.90 Å². The zero-order chi connectivity index (χ0) is 13.2. The molecule has 1 aliphatic heterocycles. The first kappa shape index (κ1) is 12.8. The lowest BCUT2D eigenvalue weighted by Crippen LogP contribution is -2.40. The number of anilines is 1. The van der Waals surface area contributed by atoms with Crippen LogP contribution in [0, 0.1) is 5.41 Å². The monoisotopic (exact) mass is 270 g/mol. The van der Waals surface area contributed by atoms with Crippen molar-refractivity contribution in [3.63, 3.8) is 0 Å². The van der Waals surface area contributed by atoms with Gasteiger partial charge >= 0.3 is 0 Å². The molecule has 1 aromatic heterocycles. The molecule has 0 aliphatic carbocycles. The molecule has 7 nitrogen and oxygen atoms in total. The highest BCUT2D eigenvalue weighted by Crippen LogP contribution is 2.14. The number of hydroxylamine groups is 1. The van der Waals surface area contributed by atoms with Gasteiger partial charge in [-0.2, -0.15) is 0 Å². The van der Waals surface area contributed by atoms with Gasteiger partial charge < -0.3 is 4.90 Å². The predicted molar refractivity (Wildman–Crippen MR) is 66.9 cm³/mol. The van der Waals surface area contributed by atoms with Gasteiger partial charge in [0.15, 0.2) is 15.7 Å². The normalized spacial score (nSPS) is 18.4. The van der Waals surface area contributed by atoms with Gasteiger partial charge in [0.25, 0.3) is 0 Å². The molecule has 0 atom stereocenters. The molecule has 8 heteroatoms. The lowest BCUT2D eigenvalue weighted by Gasteiger charge is -2.27. The summed E-state index contributed by atoms with van der Waals surface area (Å²) in [5.74, 6) is 0.837. The van der Waals surface area contributed by atoms with Crippen LogP contribution < -0.4 is 10.4 Å². The van der Waals surface area contributed by atoms with Gasteiger partial charge in [-0.15, -0.1) is 0 Å². The van der Waals surface area contributed by atoms with Gasteiger partial charge in [-0.25, -0.2) is 13.4 Å². The summed E-state index contributed by atoms with van der Waals surface area (Å²) < 4.78 is 22.6. The third kappa shape index (κ3) is 2.77. The van der Waals surface area contributed by atoms with Crippen LogP contribution in [0.15, 0.2) is 18.3 Å². The molecule has 1 fully saturated rings. The van der Waals surface area contributed by atoms with Gasteiger partial charge in [-0.1, -0.05) is 0 Å². The second kappa shape index (κ2) is 4.91. The van der Waals surface area contributed by atoms with Gasteiger partial charge in [0.05, 0.1) is 11.5 Å². The molecule has 1 saturated heterocycles. The van der Waals surface area contributed by atoms with Gasteiger partial charge in [-0.3, -0.25) is 16.1 Å². The van der Waals surface area contributed by atoms with Crippen molar-refractivity contribution in [2.75, 3.05) is 29.5 Å². The van der Waals surface area contributed by atoms with Crippen LogP contribution in [-0.4, -0.2) is 49.0 Å². The predicted octanol–water partition coefficient (Wildman–Crippen LogP) is -0.379.